The number of aromatic nitrogens is 1. The second kappa shape index (κ2) is 11.3. The number of amides is 1. The molecule has 0 radical (unpaired) electrons. The zero-order valence-corrected chi connectivity index (χ0v) is 22.2. The van der Waals surface area contributed by atoms with E-state index in [0.29, 0.717) is 6.54 Å². The maximum atomic E-state index is 13.7. The number of carbonyl (C=O) groups excluding carboxylic acids is 1. The van der Waals surface area contributed by atoms with Crippen LogP contribution in [0.4, 0.5) is 0 Å². The number of nitrogens with zero attached hydrogens (tertiary/aromatic N) is 3. The van der Waals surface area contributed by atoms with Gasteiger partial charge in [0.05, 0.1) is 13.2 Å². The van der Waals surface area contributed by atoms with Crippen molar-refractivity contribution in [2.45, 2.75) is 63.0 Å². The minimum Gasteiger partial charge on any atom is -0.487 e. The fourth-order valence-corrected chi connectivity index (χ4v) is 7.01. The van der Waals surface area contributed by atoms with Crippen LogP contribution in [0.3, 0.4) is 0 Å². The van der Waals surface area contributed by atoms with Crippen LogP contribution >= 0.6 is 0 Å². The SMILES string of the molecule is C[C@H]1CN([C@@H](C)CO)S(=O)(=O)c2ccc(-c3ccncc3)cc2O[C@@H]1CN(C)C(=O)C1CCCCC1. The number of benzene rings is 1. The van der Waals surface area contributed by atoms with Crippen LogP contribution in [0.2, 0.25) is 0 Å². The highest BCUT2D eigenvalue weighted by Crippen LogP contribution is 2.36. The van der Waals surface area contributed by atoms with Gasteiger partial charge in [0.1, 0.15) is 16.7 Å². The largest absolute Gasteiger partial charge is 0.487 e. The highest BCUT2D eigenvalue weighted by atomic mass is 32.2. The van der Waals surface area contributed by atoms with E-state index in [0.717, 1.165) is 36.8 Å². The van der Waals surface area contributed by atoms with Crippen LogP contribution in [-0.2, 0) is 14.8 Å². The number of hydrogen-bond acceptors (Lipinski definition) is 6. The van der Waals surface area contributed by atoms with Gasteiger partial charge < -0.3 is 14.7 Å². The van der Waals surface area contributed by atoms with Crippen molar-refractivity contribution in [1.82, 2.24) is 14.2 Å². The summed E-state index contributed by atoms with van der Waals surface area (Å²) < 4.78 is 35.2. The molecule has 2 aliphatic rings. The average Bonchev–Trinajstić information content (AvgIpc) is 2.90. The van der Waals surface area contributed by atoms with E-state index in [4.69, 9.17) is 4.74 Å². The lowest BCUT2D eigenvalue weighted by molar-refractivity contribution is -0.136. The molecule has 8 nitrogen and oxygen atoms in total. The molecular weight excluding hydrogens is 478 g/mol. The molecule has 1 N–H and O–H groups in total. The Balaban J connectivity index is 1.70. The van der Waals surface area contributed by atoms with E-state index in [1.807, 2.05) is 26.1 Å². The number of likely N-dealkylation sites (N-methyl/N-ethyl adjacent to an activating group) is 1. The van der Waals surface area contributed by atoms with Gasteiger partial charge in [-0.2, -0.15) is 4.31 Å². The van der Waals surface area contributed by atoms with Crippen molar-refractivity contribution in [2.75, 3.05) is 26.7 Å². The quantitative estimate of drug-likeness (QED) is 0.632. The first-order valence-corrected chi connectivity index (χ1v) is 14.2. The van der Waals surface area contributed by atoms with E-state index >= 15 is 0 Å². The van der Waals surface area contributed by atoms with E-state index in [9.17, 15) is 18.3 Å². The third kappa shape index (κ3) is 5.58. The zero-order valence-electron chi connectivity index (χ0n) is 21.3. The molecule has 4 rings (SSSR count). The maximum absolute atomic E-state index is 13.7. The molecule has 3 atom stereocenters. The summed E-state index contributed by atoms with van der Waals surface area (Å²) >= 11 is 0. The van der Waals surface area contributed by atoms with Crippen molar-refractivity contribution in [1.29, 1.82) is 0 Å². The molecule has 1 aliphatic carbocycles. The van der Waals surface area contributed by atoms with Crippen molar-refractivity contribution in [2.24, 2.45) is 11.8 Å². The number of carbonyl (C=O) groups is 1. The van der Waals surface area contributed by atoms with Crippen molar-refractivity contribution in [3.05, 3.63) is 42.7 Å². The first-order chi connectivity index (χ1) is 17.2. The molecule has 1 fully saturated rings. The molecule has 0 unspecified atom stereocenters. The van der Waals surface area contributed by atoms with Gasteiger partial charge in [0.15, 0.2) is 0 Å². The highest BCUT2D eigenvalue weighted by Gasteiger charge is 2.39. The third-order valence-electron chi connectivity index (χ3n) is 7.47. The van der Waals surface area contributed by atoms with Gasteiger partial charge in [-0.1, -0.05) is 32.3 Å². The van der Waals surface area contributed by atoms with E-state index in [1.54, 1.807) is 42.4 Å². The topological polar surface area (TPSA) is 100 Å². The summed E-state index contributed by atoms with van der Waals surface area (Å²) in [6.07, 6.45) is 8.13. The summed E-state index contributed by atoms with van der Waals surface area (Å²) in [5.74, 6) is 0.221. The van der Waals surface area contributed by atoms with Crippen molar-refractivity contribution in [3.8, 4) is 16.9 Å². The molecule has 2 aromatic rings. The predicted molar refractivity (Wildman–Crippen MR) is 138 cm³/mol. The van der Waals surface area contributed by atoms with Crippen LogP contribution in [0.1, 0.15) is 46.0 Å². The number of ether oxygens (including phenoxy) is 1. The lowest BCUT2D eigenvalue weighted by Crippen LogP contribution is -2.50. The van der Waals surface area contributed by atoms with Crippen LogP contribution in [0.15, 0.2) is 47.6 Å². The molecule has 1 aliphatic heterocycles. The number of aliphatic hydroxyl groups excluding tert-OH is 1. The lowest BCUT2D eigenvalue weighted by atomic mass is 9.88. The minimum absolute atomic E-state index is 0.0458. The molecule has 0 bridgehead atoms. The summed E-state index contributed by atoms with van der Waals surface area (Å²) in [5, 5.41) is 9.84. The fraction of sp³-hybridized carbons (Fsp3) is 0.556. The van der Waals surface area contributed by atoms with Gasteiger partial charge in [-0.15, -0.1) is 0 Å². The van der Waals surface area contributed by atoms with E-state index in [2.05, 4.69) is 4.98 Å². The average molecular weight is 516 g/mol. The lowest BCUT2D eigenvalue weighted by Gasteiger charge is -2.38. The Kier molecular flexibility index (Phi) is 8.32. The van der Waals surface area contributed by atoms with Crippen molar-refractivity contribution >= 4 is 15.9 Å². The Morgan fingerprint density at radius 3 is 2.53 bits per heavy atom. The van der Waals surface area contributed by atoms with Gasteiger partial charge in [-0.05, 0) is 55.2 Å². The normalized spacial score (nSPS) is 23.6. The first kappa shape index (κ1) is 26.6. The smallest absolute Gasteiger partial charge is 0.247 e. The molecule has 0 saturated heterocycles. The van der Waals surface area contributed by atoms with Crippen LogP contribution in [0, 0.1) is 11.8 Å². The Labute approximate surface area is 214 Å². The fourth-order valence-electron chi connectivity index (χ4n) is 5.19. The Hall–Kier alpha value is -2.49. The summed E-state index contributed by atoms with van der Waals surface area (Å²) in [6, 6.07) is 8.20. The van der Waals surface area contributed by atoms with Crippen LogP contribution in [0.5, 0.6) is 5.75 Å². The molecule has 1 amide bonds. The number of aliphatic hydroxyl groups is 1. The monoisotopic (exact) mass is 515 g/mol. The molecule has 1 aromatic carbocycles. The Morgan fingerprint density at radius 1 is 1.17 bits per heavy atom. The van der Waals surface area contributed by atoms with Crippen molar-refractivity contribution < 1.29 is 23.1 Å². The Morgan fingerprint density at radius 2 is 1.86 bits per heavy atom. The third-order valence-corrected chi connectivity index (χ3v) is 9.48. The molecule has 36 heavy (non-hydrogen) atoms. The van der Waals surface area contributed by atoms with Crippen LogP contribution in [0.25, 0.3) is 11.1 Å². The highest BCUT2D eigenvalue weighted by molar-refractivity contribution is 7.89. The van der Waals surface area contributed by atoms with E-state index in [-0.39, 0.29) is 41.5 Å². The Bertz CT molecular complexity index is 1150. The van der Waals surface area contributed by atoms with Gasteiger partial charge in [0.2, 0.25) is 15.9 Å². The number of hydrogen-bond donors (Lipinski definition) is 1. The molecule has 9 heteroatoms. The summed E-state index contributed by atoms with van der Waals surface area (Å²) in [7, 11) is -2.11. The number of rotatable bonds is 6. The number of fused-ring (bicyclic) bond motifs is 1. The summed E-state index contributed by atoms with van der Waals surface area (Å²) in [4.78, 5) is 19.0. The maximum Gasteiger partial charge on any atom is 0.247 e. The standard InChI is InChI=1S/C27H37N3O5S/c1-19-16-30(20(2)18-31)36(33,34)26-10-9-23(21-11-13-28-14-12-21)15-24(26)35-25(19)17-29(3)27(32)22-7-5-4-6-8-22/h9-15,19-20,22,25,31H,4-8,16-18H2,1-3H3/t19-,20-,25+/m0/s1. The molecular formula is C27H37N3O5S. The number of pyridine rings is 1. The zero-order chi connectivity index (χ0) is 25.9. The van der Waals surface area contributed by atoms with Crippen LogP contribution in [-0.4, -0.2) is 72.5 Å². The summed E-state index contributed by atoms with van der Waals surface area (Å²) in [6.45, 7) is 3.89. The summed E-state index contributed by atoms with van der Waals surface area (Å²) in [5.41, 5.74) is 1.71. The molecule has 196 valence electrons. The van der Waals surface area contributed by atoms with Gasteiger partial charge in [0.25, 0.3) is 0 Å². The van der Waals surface area contributed by atoms with Crippen molar-refractivity contribution in [3.63, 3.8) is 0 Å². The second-order valence-corrected chi connectivity index (χ2v) is 12.0. The second-order valence-electron chi connectivity index (χ2n) is 10.2. The van der Waals surface area contributed by atoms with Gasteiger partial charge in [-0.25, -0.2) is 8.42 Å². The predicted octanol–water partition coefficient (Wildman–Crippen LogP) is 3.56. The van der Waals surface area contributed by atoms with Crippen LogP contribution < -0.4 is 4.74 Å². The van der Waals surface area contributed by atoms with Gasteiger partial charge in [-0.3, -0.25) is 9.78 Å². The first-order valence-electron chi connectivity index (χ1n) is 12.8. The molecule has 2 heterocycles. The minimum atomic E-state index is -3.92. The number of sulfonamides is 1. The van der Waals surface area contributed by atoms with E-state index in [1.165, 1.54) is 10.7 Å². The van der Waals surface area contributed by atoms with Gasteiger partial charge >= 0.3 is 0 Å². The van der Waals surface area contributed by atoms with E-state index < -0.39 is 22.2 Å². The molecule has 1 aromatic heterocycles. The van der Waals surface area contributed by atoms with Gasteiger partial charge in [0, 0.05) is 43.9 Å². The molecule has 1 saturated carbocycles. The molecule has 0 spiro atoms.